The van der Waals surface area contributed by atoms with Crippen molar-refractivity contribution in [2.75, 3.05) is 19.8 Å². The predicted molar refractivity (Wildman–Crippen MR) is 341 cm³/mol. The Bertz CT molecular complexity index is 1690. The standard InChI is InChI=1S/C70H125NO13/c1-3-5-7-9-11-13-15-17-19-21-22-23-24-25-26-27-28-29-30-31-32-33-34-35-36-38-39-41-43-45-47-49-51-53-59(74)58(71-62(75)54-52-50-48-46-44-42-40-37-20-18-16-14-12-10-8-6-4-2)57-81-69-67(80)65(78)68(61(56-73)83-69)84-70-66(79)64(77)63(76)60(55-72)82-70/h6,8,12,14,18,20,40,42-43,45,51,53,58-61,63-70,72-74,76-80H,3-5,7,9-11,13,15-17,19,21-39,41,44,46-50,52,54-57H2,1-2H3,(H,71,75)/b8-6-,14-12-,20-18-,42-40-,45-43+,53-51+. The Morgan fingerprint density at radius 2 is 0.833 bits per heavy atom. The van der Waals surface area contributed by atoms with Crippen LogP contribution in [0.25, 0.3) is 0 Å². The van der Waals surface area contributed by atoms with Crippen molar-refractivity contribution < 1.29 is 64.6 Å². The normalized spacial score (nSPS) is 24.1. The van der Waals surface area contributed by atoms with Crippen molar-refractivity contribution in [1.29, 1.82) is 0 Å². The van der Waals surface area contributed by atoms with Gasteiger partial charge in [0.05, 0.1) is 32.0 Å². The molecular formula is C70H125NO13. The van der Waals surface area contributed by atoms with Crippen molar-refractivity contribution >= 4 is 5.91 Å². The number of carbonyl (C=O) groups is 1. The molecule has 1 amide bonds. The van der Waals surface area contributed by atoms with E-state index >= 15 is 0 Å². The molecule has 84 heavy (non-hydrogen) atoms. The number of ether oxygens (including phenoxy) is 4. The first-order valence-corrected chi connectivity index (χ1v) is 34.2. The van der Waals surface area contributed by atoms with Crippen LogP contribution in [-0.4, -0.2) is 140 Å². The molecule has 0 aliphatic carbocycles. The lowest BCUT2D eigenvalue weighted by atomic mass is 9.97. The van der Waals surface area contributed by atoms with E-state index in [4.69, 9.17) is 18.9 Å². The second-order valence-corrected chi connectivity index (χ2v) is 23.9. The zero-order valence-electron chi connectivity index (χ0n) is 52.9. The summed E-state index contributed by atoms with van der Waals surface area (Å²) in [5.41, 5.74) is 0. The minimum absolute atomic E-state index is 0.242. The van der Waals surface area contributed by atoms with Crippen LogP contribution in [0.4, 0.5) is 0 Å². The quantitative estimate of drug-likeness (QED) is 0.0204. The largest absolute Gasteiger partial charge is 0.394 e. The lowest BCUT2D eigenvalue weighted by molar-refractivity contribution is -0.359. The highest BCUT2D eigenvalue weighted by atomic mass is 16.7. The zero-order chi connectivity index (χ0) is 60.9. The van der Waals surface area contributed by atoms with Crippen LogP contribution in [0.2, 0.25) is 0 Å². The molecule has 2 saturated heterocycles. The summed E-state index contributed by atoms with van der Waals surface area (Å²) < 4.78 is 22.8. The van der Waals surface area contributed by atoms with Gasteiger partial charge in [0, 0.05) is 6.42 Å². The SMILES string of the molecule is CC/C=C\C/C=C\C/C=C\C/C=C\CCCCCCC(=O)NC(COC1OC(CO)C(OC2OC(CO)C(O)C(O)C2O)C(O)C1O)C(O)/C=C/CC/C=C/CCCCCCCCCCCCCCCCCCCCCCCCCCCCC. The second kappa shape index (κ2) is 54.6. The molecule has 9 N–H and O–H groups in total. The fourth-order valence-electron chi connectivity index (χ4n) is 10.9. The van der Waals surface area contributed by atoms with Gasteiger partial charge in [0.15, 0.2) is 12.6 Å². The topological polar surface area (TPSA) is 228 Å². The predicted octanol–water partition coefficient (Wildman–Crippen LogP) is 13.5. The fraction of sp³-hybridized carbons (Fsp3) is 0.814. The summed E-state index contributed by atoms with van der Waals surface area (Å²) >= 11 is 0. The van der Waals surface area contributed by atoms with Gasteiger partial charge in [-0.2, -0.15) is 0 Å². The van der Waals surface area contributed by atoms with Gasteiger partial charge < -0.3 is 65.1 Å². The van der Waals surface area contributed by atoms with Crippen molar-refractivity contribution in [3.05, 3.63) is 72.9 Å². The number of aliphatic hydroxyl groups excluding tert-OH is 8. The molecule has 0 aromatic carbocycles. The average molecular weight is 1190 g/mol. The van der Waals surface area contributed by atoms with Crippen molar-refractivity contribution in [3.63, 3.8) is 0 Å². The van der Waals surface area contributed by atoms with E-state index in [2.05, 4.69) is 79.9 Å². The molecular weight excluding hydrogens is 1060 g/mol. The average Bonchev–Trinajstić information content (AvgIpc) is 3.18. The minimum atomic E-state index is -1.80. The number of hydrogen-bond acceptors (Lipinski definition) is 13. The van der Waals surface area contributed by atoms with Crippen molar-refractivity contribution in [3.8, 4) is 0 Å². The Balaban J connectivity index is 1.68. The van der Waals surface area contributed by atoms with Gasteiger partial charge in [0.25, 0.3) is 0 Å². The molecule has 0 aromatic heterocycles. The lowest BCUT2D eigenvalue weighted by Gasteiger charge is -2.46. The molecule has 14 heteroatoms. The van der Waals surface area contributed by atoms with E-state index < -0.39 is 86.8 Å². The van der Waals surface area contributed by atoms with Crippen LogP contribution in [-0.2, 0) is 23.7 Å². The molecule has 2 aliphatic rings. The monoisotopic (exact) mass is 1190 g/mol. The summed E-state index contributed by atoms with van der Waals surface area (Å²) in [6, 6.07) is -0.950. The van der Waals surface area contributed by atoms with Gasteiger partial charge in [-0.15, -0.1) is 0 Å². The van der Waals surface area contributed by atoms with Crippen molar-refractivity contribution in [2.24, 2.45) is 0 Å². The molecule has 2 heterocycles. The third-order valence-corrected chi connectivity index (χ3v) is 16.4. The minimum Gasteiger partial charge on any atom is -0.394 e. The first kappa shape index (κ1) is 77.5. The maximum atomic E-state index is 13.3. The fourth-order valence-corrected chi connectivity index (χ4v) is 10.9. The van der Waals surface area contributed by atoms with Crippen LogP contribution >= 0.6 is 0 Å². The van der Waals surface area contributed by atoms with E-state index in [1.807, 2.05) is 6.08 Å². The molecule has 2 fully saturated rings. The van der Waals surface area contributed by atoms with Crippen LogP contribution in [0.5, 0.6) is 0 Å². The number of unbranched alkanes of at least 4 members (excludes halogenated alkanes) is 32. The molecule has 0 radical (unpaired) electrons. The number of carbonyl (C=O) groups excluding carboxylic acids is 1. The highest BCUT2D eigenvalue weighted by Gasteiger charge is 2.51. The van der Waals surface area contributed by atoms with E-state index in [9.17, 15) is 45.6 Å². The summed E-state index contributed by atoms with van der Waals surface area (Å²) in [5, 5.41) is 87.2. The summed E-state index contributed by atoms with van der Waals surface area (Å²) in [6.07, 6.45) is 56.9. The maximum Gasteiger partial charge on any atom is 0.220 e. The van der Waals surface area contributed by atoms with Crippen molar-refractivity contribution in [2.45, 2.75) is 344 Å². The Labute approximate surface area is 510 Å². The number of hydrogen-bond donors (Lipinski definition) is 9. The van der Waals surface area contributed by atoms with Crippen LogP contribution in [0.15, 0.2) is 72.9 Å². The second-order valence-electron chi connectivity index (χ2n) is 23.9. The summed E-state index contributed by atoms with van der Waals surface area (Å²) in [7, 11) is 0. The van der Waals surface area contributed by atoms with Gasteiger partial charge in [0.2, 0.25) is 5.91 Å². The Morgan fingerprint density at radius 3 is 1.31 bits per heavy atom. The van der Waals surface area contributed by atoms with E-state index in [0.717, 1.165) is 64.2 Å². The van der Waals surface area contributed by atoms with E-state index in [1.165, 1.54) is 173 Å². The van der Waals surface area contributed by atoms with E-state index in [1.54, 1.807) is 6.08 Å². The van der Waals surface area contributed by atoms with Gasteiger partial charge in [-0.25, -0.2) is 0 Å². The van der Waals surface area contributed by atoms with Crippen LogP contribution in [0, 0.1) is 0 Å². The van der Waals surface area contributed by atoms with Gasteiger partial charge in [0.1, 0.15) is 48.8 Å². The molecule has 2 aliphatic heterocycles. The molecule has 12 unspecified atom stereocenters. The molecule has 488 valence electrons. The van der Waals surface area contributed by atoms with Crippen molar-refractivity contribution in [1.82, 2.24) is 5.32 Å². The van der Waals surface area contributed by atoms with Crippen LogP contribution in [0.1, 0.15) is 271 Å². The number of nitrogens with one attached hydrogen (secondary N) is 1. The first-order valence-electron chi connectivity index (χ1n) is 34.2. The molecule has 0 bridgehead atoms. The maximum absolute atomic E-state index is 13.3. The summed E-state index contributed by atoms with van der Waals surface area (Å²) in [5.74, 6) is -0.273. The van der Waals surface area contributed by atoms with Gasteiger partial charge >= 0.3 is 0 Å². The third-order valence-electron chi connectivity index (χ3n) is 16.4. The Kier molecular flexibility index (Phi) is 50.4. The smallest absolute Gasteiger partial charge is 0.220 e. The molecule has 12 atom stereocenters. The van der Waals surface area contributed by atoms with Crippen LogP contribution in [0.3, 0.4) is 0 Å². The molecule has 2 rings (SSSR count). The lowest BCUT2D eigenvalue weighted by Crippen LogP contribution is -2.65. The van der Waals surface area contributed by atoms with Gasteiger partial charge in [-0.05, 0) is 70.6 Å². The first-order chi connectivity index (χ1) is 41.1. The van der Waals surface area contributed by atoms with Gasteiger partial charge in [-0.1, -0.05) is 267 Å². The van der Waals surface area contributed by atoms with Gasteiger partial charge in [-0.3, -0.25) is 4.79 Å². The van der Waals surface area contributed by atoms with E-state index in [0.29, 0.717) is 12.8 Å². The van der Waals surface area contributed by atoms with Crippen LogP contribution < -0.4 is 5.32 Å². The highest BCUT2D eigenvalue weighted by Crippen LogP contribution is 2.30. The molecule has 14 nitrogen and oxygen atoms in total. The molecule has 0 saturated carbocycles. The highest BCUT2D eigenvalue weighted by molar-refractivity contribution is 5.76. The molecule has 0 aromatic rings. The third kappa shape index (κ3) is 38.7. The molecule has 0 spiro atoms. The number of amides is 1. The Morgan fingerprint density at radius 1 is 0.440 bits per heavy atom. The van der Waals surface area contributed by atoms with E-state index in [-0.39, 0.29) is 18.9 Å². The number of allylic oxidation sites excluding steroid dienone is 11. The number of rotatable bonds is 55. The number of aliphatic hydroxyl groups is 8. The summed E-state index contributed by atoms with van der Waals surface area (Å²) in [6.45, 7) is 2.67. The zero-order valence-corrected chi connectivity index (χ0v) is 52.9. The summed E-state index contributed by atoms with van der Waals surface area (Å²) in [4.78, 5) is 13.3. The Hall–Kier alpha value is -2.57.